The van der Waals surface area contributed by atoms with Gasteiger partial charge in [-0.05, 0) is 19.1 Å². The second-order valence-electron chi connectivity index (χ2n) is 3.38. The van der Waals surface area contributed by atoms with E-state index >= 15 is 0 Å². The number of nitrogens with one attached hydrogen (secondary N) is 1. The Morgan fingerprint density at radius 3 is 2.56 bits per heavy atom. The zero-order chi connectivity index (χ0) is 11.4. The number of hydrogen-bond acceptors (Lipinski definition) is 4. The molecule has 2 aromatic rings. The number of rotatable bonds is 3. The van der Waals surface area contributed by atoms with Crippen molar-refractivity contribution >= 4 is 5.95 Å². The van der Waals surface area contributed by atoms with Crippen molar-refractivity contribution in [3.05, 3.63) is 42.1 Å². The van der Waals surface area contributed by atoms with Gasteiger partial charge in [0.15, 0.2) is 0 Å². The lowest BCUT2D eigenvalue weighted by molar-refractivity contribution is 0.462. The van der Waals surface area contributed by atoms with Crippen LogP contribution in [-0.2, 0) is 0 Å². The summed E-state index contributed by atoms with van der Waals surface area (Å²) >= 11 is 0. The fourth-order valence-electron chi connectivity index (χ4n) is 1.25. The van der Waals surface area contributed by atoms with Crippen molar-refractivity contribution < 1.29 is 4.74 Å². The van der Waals surface area contributed by atoms with Gasteiger partial charge >= 0.3 is 0 Å². The average molecular weight is 215 g/mol. The summed E-state index contributed by atoms with van der Waals surface area (Å²) in [5.41, 5.74) is 1.20. The van der Waals surface area contributed by atoms with E-state index in [-0.39, 0.29) is 0 Å². The van der Waals surface area contributed by atoms with E-state index in [9.17, 15) is 0 Å². The summed E-state index contributed by atoms with van der Waals surface area (Å²) in [6.07, 6.45) is 1.66. The van der Waals surface area contributed by atoms with E-state index in [0.29, 0.717) is 11.8 Å². The molecule has 0 unspecified atom stereocenters. The van der Waals surface area contributed by atoms with E-state index < -0.39 is 0 Å². The van der Waals surface area contributed by atoms with Crippen molar-refractivity contribution in [3.8, 4) is 11.6 Å². The van der Waals surface area contributed by atoms with Crippen LogP contribution in [0.25, 0.3) is 0 Å². The maximum Gasteiger partial charge on any atom is 0.225 e. The fourth-order valence-corrected chi connectivity index (χ4v) is 1.25. The van der Waals surface area contributed by atoms with Crippen LogP contribution in [0.2, 0.25) is 0 Å². The summed E-state index contributed by atoms with van der Waals surface area (Å²) in [6.45, 7) is 2.04. The molecule has 0 saturated heterocycles. The molecule has 1 heterocycles. The summed E-state index contributed by atoms with van der Waals surface area (Å²) in [6, 6.07) is 9.54. The third kappa shape index (κ3) is 2.48. The van der Waals surface area contributed by atoms with Crippen LogP contribution in [0, 0.1) is 6.92 Å². The fraction of sp³-hybridized carbons (Fsp3) is 0.167. The van der Waals surface area contributed by atoms with Crippen LogP contribution in [0.15, 0.2) is 36.5 Å². The largest absolute Gasteiger partial charge is 0.439 e. The molecule has 0 aliphatic rings. The summed E-state index contributed by atoms with van der Waals surface area (Å²) in [4.78, 5) is 8.18. The van der Waals surface area contributed by atoms with Crippen LogP contribution < -0.4 is 10.1 Å². The zero-order valence-electron chi connectivity index (χ0n) is 9.27. The Bertz CT molecular complexity index is 468. The van der Waals surface area contributed by atoms with Gasteiger partial charge < -0.3 is 10.1 Å². The highest BCUT2D eigenvalue weighted by Crippen LogP contribution is 2.19. The predicted octanol–water partition coefficient (Wildman–Crippen LogP) is 2.62. The minimum absolute atomic E-state index is 0.531. The van der Waals surface area contributed by atoms with Gasteiger partial charge in [-0.25, -0.2) is 4.98 Å². The van der Waals surface area contributed by atoms with E-state index in [2.05, 4.69) is 15.3 Å². The highest BCUT2D eigenvalue weighted by atomic mass is 16.5. The van der Waals surface area contributed by atoms with E-state index in [1.807, 2.05) is 31.2 Å². The third-order valence-electron chi connectivity index (χ3n) is 2.10. The quantitative estimate of drug-likeness (QED) is 0.855. The highest BCUT2D eigenvalue weighted by molar-refractivity contribution is 5.32. The van der Waals surface area contributed by atoms with Crippen LogP contribution in [-0.4, -0.2) is 17.0 Å². The van der Waals surface area contributed by atoms with Crippen LogP contribution in [0.5, 0.6) is 11.6 Å². The first-order valence-electron chi connectivity index (χ1n) is 5.03. The molecule has 0 aliphatic carbocycles. The van der Waals surface area contributed by atoms with Crippen LogP contribution >= 0.6 is 0 Å². The number of ether oxygens (including phenoxy) is 1. The Morgan fingerprint density at radius 2 is 1.88 bits per heavy atom. The van der Waals surface area contributed by atoms with Crippen molar-refractivity contribution in [2.45, 2.75) is 6.92 Å². The van der Waals surface area contributed by atoms with Gasteiger partial charge in [-0.2, -0.15) is 4.98 Å². The van der Waals surface area contributed by atoms with Gasteiger partial charge in [-0.1, -0.05) is 17.7 Å². The van der Waals surface area contributed by atoms with E-state index in [1.54, 1.807) is 19.3 Å². The van der Waals surface area contributed by atoms with Gasteiger partial charge in [0, 0.05) is 19.3 Å². The Labute approximate surface area is 94.3 Å². The zero-order valence-corrected chi connectivity index (χ0v) is 9.27. The summed E-state index contributed by atoms with van der Waals surface area (Å²) in [7, 11) is 1.77. The SMILES string of the molecule is CNc1nccc(Oc2ccc(C)cc2)n1. The predicted molar refractivity (Wildman–Crippen MR) is 62.8 cm³/mol. The first-order valence-corrected chi connectivity index (χ1v) is 5.03. The molecular weight excluding hydrogens is 202 g/mol. The number of aromatic nitrogens is 2. The number of hydrogen-bond donors (Lipinski definition) is 1. The minimum atomic E-state index is 0.531. The molecule has 1 aromatic carbocycles. The second kappa shape index (κ2) is 4.61. The Balaban J connectivity index is 2.16. The first-order chi connectivity index (χ1) is 7.78. The van der Waals surface area contributed by atoms with Gasteiger partial charge in [0.1, 0.15) is 5.75 Å². The van der Waals surface area contributed by atoms with Crippen LogP contribution in [0.4, 0.5) is 5.95 Å². The van der Waals surface area contributed by atoms with Gasteiger partial charge in [0.25, 0.3) is 0 Å². The topological polar surface area (TPSA) is 47.0 Å². The van der Waals surface area contributed by atoms with Gasteiger partial charge in [-0.15, -0.1) is 0 Å². The highest BCUT2D eigenvalue weighted by Gasteiger charge is 1.99. The maximum absolute atomic E-state index is 5.58. The molecule has 4 heteroatoms. The number of nitrogens with zero attached hydrogens (tertiary/aromatic N) is 2. The molecule has 16 heavy (non-hydrogen) atoms. The monoisotopic (exact) mass is 215 g/mol. The Morgan fingerprint density at radius 1 is 1.12 bits per heavy atom. The van der Waals surface area contributed by atoms with E-state index in [4.69, 9.17) is 4.74 Å². The summed E-state index contributed by atoms with van der Waals surface area (Å²) in [5.74, 6) is 1.85. The van der Waals surface area contributed by atoms with Gasteiger partial charge in [-0.3, -0.25) is 0 Å². The second-order valence-corrected chi connectivity index (χ2v) is 3.38. The number of benzene rings is 1. The van der Waals surface area contributed by atoms with Crippen LogP contribution in [0.3, 0.4) is 0 Å². The molecule has 0 amide bonds. The molecule has 0 bridgehead atoms. The normalized spacial score (nSPS) is 9.88. The molecular formula is C12H13N3O. The van der Waals surface area contributed by atoms with Crippen LogP contribution in [0.1, 0.15) is 5.56 Å². The average Bonchev–Trinajstić information content (AvgIpc) is 2.32. The molecule has 0 atom stereocenters. The van der Waals surface area contributed by atoms with Crippen molar-refractivity contribution in [1.82, 2.24) is 9.97 Å². The molecule has 1 N–H and O–H groups in total. The van der Waals surface area contributed by atoms with Crippen molar-refractivity contribution in [2.24, 2.45) is 0 Å². The molecule has 82 valence electrons. The lowest BCUT2D eigenvalue weighted by atomic mass is 10.2. The molecule has 4 nitrogen and oxygen atoms in total. The lowest BCUT2D eigenvalue weighted by Gasteiger charge is -2.05. The summed E-state index contributed by atoms with van der Waals surface area (Å²) < 4.78 is 5.58. The van der Waals surface area contributed by atoms with E-state index in [1.165, 1.54) is 5.56 Å². The molecule has 0 aliphatic heterocycles. The van der Waals surface area contributed by atoms with Gasteiger partial charge in [0.2, 0.25) is 11.8 Å². The minimum Gasteiger partial charge on any atom is -0.439 e. The standard InChI is InChI=1S/C12H13N3O/c1-9-3-5-10(6-4-9)16-11-7-8-14-12(13-2)15-11/h3-8H,1-2H3,(H,13,14,15). The number of aryl methyl sites for hydroxylation is 1. The number of anilines is 1. The molecule has 0 radical (unpaired) electrons. The Kier molecular flexibility index (Phi) is 3.00. The third-order valence-corrected chi connectivity index (χ3v) is 2.10. The Hall–Kier alpha value is -2.10. The molecule has 0 spiro atoms. The first kappa shape index (κ1) is 10.4. The van der Waals surface area contributed by atoms with Crippen molar-refractivity contribution in [1.29, 1.82) is 0 Å². The lowest BCUT2D eigenvalue weighted by Crippen LogP contribution is -1.97. The van der Waals surface area contributed by atoms with E-state index in [0.717, 1.165) is 5.75 Å². The van der Waals surface area contributed by atoms with Crippen molar-refractivity contribution in [2.75, 3.05) is 12.4 Å². The maximum atomic E-state index is 5.58. The smallest absolute Gasteiger partial charge is 0.225 e. The molecule has 1 aromatic heterocycles. The van der Waals surface area contributed by atoms with Crippen molar-refractivity contribution in [3.63, 3.8) is 0 Å². The molecule has 0 saturated carbocycles. The van der Waals surface area contributed by atoms with Gasteiger partial charge in [0.05, 0.1) is 0 Å². The summed E-state index contributed by atoms with van der Waals surface area (Å²) in [5, 5.41) is 2.86. The molecule has 2 rings (SSSR count). The molecule has 0 fully saturated rings.